The zero-order chi connectivity index (χ0) is 25.9. The molecule has 0 radical (unpaired) electrons. The summed E-state index contributed by atoms with van der Waals surface area (Å²) in [7, 11) is 0. The quantitative estimate of drug-likeness (QED) is 0.201. The van der Waals surface area contributed by atoms with Crippen molar-refractivity contribution in [3.8, 4) is 0 Å². The van der Waals surface area contributed by atoms with E-state index < -0.39 is 11.9 Å². The molecule has 0 aromatic heterocycles. The maximum Gasteiger partial charge on any atom is 0.350 e. The Morgan fingerprint density at radius 1 is 0.657 bits per heavy atom. The molecule has 1 saturated heterocycles. The predicted molar refractivity (Wildman–Crippen MR) is 143 cm³/mol. The van der Waals surface area contributed by atoms with Crippen LogP contribution in [0.2, 0.25) is 0 Å². The number of nitrogens with one attached hydrogen (secondary N) is 1. The van der Waals surface area contributed by atoms with E-state index in [-0.39, 0.29) is 0 Å². The van der Waals surface area contributed by atoms with Gasteiger partial charge in [0.25, 0.3) is 0 Å². The molecule has 0 saturated carbocycles. The third-order valence-corrected chi connectivity index (χ3v) is 4.87. The minimum atomic E-state index is -0.956. The van der Waals surface area contributed by atoms with Gasteiger partial charge in [-0.05, 0) is 40.5 Å². The van der Waals surface area contributed by atoms with Gasteiger partial charge in [-0.2, -0.15) is 0 Å². The van der Waals surface area contributed by atoms with Gasteiger partial charge < -0.3 is 9.94 Å². The molecule has 1 rings (SSSR count). The van der Waals surface area contributed by atoms with E-state index in [0.717, 1.165) is 54.3 Å². The highest BCUT2D eigenvalue weighted by Crippen LogP contribution is 2.06. The van der Waals surface area contributed by atoms with Gasteiger partial charge in [0, 0.05) is 25.2 Å². The second kappa shape index (κ2) is 17.9. The molecule has 6 heteroatoms. The molecule has 188 valence electrons. The normalized spacial score (nSPS) is 17.6. The number of carboxylic acid groups (broad SMARTS) is 1. The number of aliphatic carboxylic acids is 1. The van der Waals surface area contributed by atoms with Crippen LogP contribution in [0.5, 0.6) is 0 Å². The van der Waals surface area contributed by atoms with E-state index in [2.05, 4.69) is 5.59 Å². The molecule has 1 aliphatic heterocycles. The number of rotatable bonds is 12. The molecule has 6 nitrogen and oxygen atoms in total. The fourth-order valence-corrected chi connectivity index (χ4v) is 2.87. The number of piperidine rings is 1. The summed E-state index contributed by atoms with van der Waals surface area (Å²) < 4.78 is 0. The molecule has 0 aromatic carbocycles. The van der Waals surface area contributed by atoms with Crippen molar-refractivity contribution in [1.29, 1.82) is 0 Å². The molecule has 35 heavy (non-hydrogen) atoms. The van der Waals surface area contributed by atoms with Crippen LogP contribution in [0, 0.1) is 0 Å². The lowest BCUT2D eigenvalue weighted by atomic mass is 10.2. The number of carbonyl (C=O) groups is 2. The lowest BCUT2D eigenvalue weighted by Gasteiger charge is -2.25. The van der Waals surface area contributed by atoms with Crippen molar-refractivity contribution in [3.63, 3.8) is 0 Å². The summed E-state index contributed by atoms with van der Waals surface area (Å²) in [4.78, 5) is 27.4. The highest BCUT2D eigenvalue weighted by Gasteiger charge is 2.10. The molecule has 1 aliphatic rings. The predicted octanol–water partition coefficient (Wildman–Crippen LogP) is 6.09. The van der Waals surface area contributed by atoms with Gasteiger partial charge in [-0.25, -0.2) is 14.6 Å². The fraction of sp³-hybridized carbons (Fsp3) is 0.310. The lowest BCUT2D eigenvalue weighted by Crippen LogP contribution is -2.42. The zero-order valence-electron chi connectivity index (χ0n) is 21.2. The first-order chi connectivity index (χ1) is 16.8. The number of hydrazine groups is 1. The summed E-state index contributed by atoms with van der Waals surface area (Å²) in [5.74, 6) is -1.38. The Hall–Kier alpha value is -3.48. The van der Waals surface area contributed by atoms with Crippen LogP contribution in [0.25, 0.3) is 0 Å². The lowest BCUT2D eigenvalue weighted by molar-refractivity contribution is -0.160. The van der Waals surface area contributed by atoms with Gasteiger partial charge >= 0.3 is 11.9 Å². The van der Waals surface area contributed by atoms with Crippen molar-refractivity contribution in [2.24, 2.45) is 0 Å². The number of carbonyl (C=O) groups excluding carboxylic acids is 1. The largest absolute Gasteiger partial charge is 0.478 e. The van der Waals surface area contributed by atoms with Crippen LogP contribution in [-0.2, 0) is 14.4 Å². The van der Waals surface area contributed by atoms with Gasteiger partial charge in [-0.1, -0.05) is 107 Å². The summed E-state index contributed by atoms with van der Waals surface area (Å²) >= 11 is 0. The van der Waals surface area contributed by atoms with E-state index >= 15 is 0 Å². The Morgan fingerprint density at radius 3 is 1.63 bits per heavy atom. The van der Waals surface area contributed by atoms with E-state index in [1.807, 2.05) is 93.5 Å². The molecule has 0 aliphatic carbocycles. The minimum Gasteiger partial charge on any atom is -0.478 e. The van der Waals surface area contributed by atoms with Crippen molar-refractivity contribution >= 4 is 11.9 Å². The fourth-order valence-electron chi connectivity index (χ4n) is 2.87. The molecule has 2 N–H and O–H groups in total. The van der Waals surface area contributed by atoms with Crippen LogP contribution in [0.1, 0.15) is 47.0 Å². The van der Waals surface area contributed by atoms with E-state index in [9.17, 15) is 9.59 Å². The van der Waals surface area contributed by atoms with Crippen molar-refractivity contribution in [2.45, 2.75) is 47.0 Å². The summed E-state index contributed by atoms with van der Waals surface area (Å²) in [5, 5.41) is 10.5. The third-order valence-electron chi connectivity index (χ3n) is 4.87. The second-order valence-electron chi connectivity index (χ2n) is 8.31. The maximum atomic E-state index is 11.8. The number of carboxylic acids is 1. The molecule has 0 amide bonds. The SMILES string of the molecule is CC(=C/C=C/C(C)=C/C=C/C=C(C)/C=C/C=C(C)/C=C/C(=O)ONN1CCCCC1)/C=C/C(=O)O. The topological polar surface area (TPSA) is 78.9 Å². The standard InChI is InChI=1S/C29H38N2O4/c1-24(14-10-16-26(3)18-20-28(32)33)12-6-7-13-25(2)15-11-17-27(4)19-21-29(34)35-30-31-22-8-5-9-23-31/h6-7,10-21,30H,5,8-9,22-23H2,1-4H3,(H,32,33)/b7-6+,14-10+,15-11+,20-18+,21-19+,24-12+,25-13+,26-16-,27-17+. The van der Waals surface area contributed by atoms with Crippen LogP contribution >= 0.6 is 0 Å². The molecule has 1 heterocycles. The van der Waals surface area contributed by atoms with Crippen LogP contribution < -0.4 is 5.59 Å². The van der Waals surface area contributed by atoms with Gasteiger partial charge in [-0.3, -0.25) is 0 Å². The summed E-state index contributed by atoms with van der Waals surface area (Å²) in [6, 6.07) is 0. The van der Waals surface area contributed by atoms with Gasteiger partial charge in [0.15, 0.2) is 0 Å². The maximum absolute atomic E-state index is 11.8. The highest BCUT2D eigenvalue weighted by molar-refractivity contribution is 5.82. The monoisotopic (exact) mass is 478 g/mol. The molecule has 0 aromatic rings. The highest BCUT2D eigenvalue weighted by atomic mass is 16.7. The summed E-state index contributed by atoms with van der Waals surface area (Å²) in [6.07, 6.45) is 28.8. The van der Waals surface area contributed by atoms with E-state index in [1.54, 1.807) is 12.2 Å². The number of allylic oxidation sites excluding steroid dienone is 16. The molecule has 0 atom stereocenters. The van der Waals surface area contributed by atoms with Crippen LogP contribution in [0.15, 0.2) is 107 Å². The average molecular weight is 479 g/mol. The van der Waals surface area contributed by atoms with Crippen LogP contribution in [-0.4, -0.2) is 35.1 Å². The molecule has 1 fully saturated rings. The molecule has 0 unspecified atom stereocenters. The number of hydrogen-bond acceptors (Lipinski definition) is 5. The zero-order valence-corrected chi connectivity index (χ0v) is 21.2. The van der Waals surface area contributed by atoms with Crippen molar-refractivity contribution < 1.29 is 19.5 Å². The average Bonchev–Trinajstić information content (AvgIpc) is 2.83. The smallest absolute Gasteiger partial charge is 0.350 e. The van der Waals surface area contributed by atoms with E-state index in [0.29, 0.717) is 0 Å². The van der Waals surface area contributed by atoms with Crippen molar-refractivity contribution in [3.05, 3.63) is 107 Å². The Morgan fingerprint density at radius 2 is 1.11 bits per heavy atom. The summed E-state index contributed by atoms with van der Waals surface area (Å²) in [5.41, 5.74) is 6.67. The van der Waals surface area contributed by atoms with Gasteiger partial charge in [0.2, 0.25) is 0 Å². The van der Waals surface area contributed by atoms with Gasteiger partial charge in [-0.15, -0.1) is 0 Å². The Kier molecular flexibility index (Phi) is 15.1. The van der Waals surface area contributed by atoms with Crippen molar-refractivity contribution in [1.82, 2.24) is 10.6 Å². The first-order valence-electron chi connectivity index (χ1n) is 11.8. The molecule has 0 bridgehead atoms. The minimum absolute atomic E-state index is 0.423. The molecule has 0 spiro atoms. The first-order valence-corrected chi connectivity index (χ1v) is 11.8. The van der Waals surface area contributed by atoms with Gasteiger partial charge in [0.05, 0.1) is 0 Å². The van der Waals surface area contributed by atoms with Crippen LogP contribution in [0.3, 0.4) is 0 Å². The molecular formula is C29H38N2O4. The Bertz CT molecular complexity index is 967. The molecular weight excluding hydrogens is 440 g/mol. The Balaban J connectivity index is 2.44. The second-order valence-corrected chi connectivity index (χ2v) is 8.31. The van der Waals surface area contributed by atoms with Crippen molar-refractivity contribution in [2.75, 3.05) is 13.1 Å². The van der Waals surface area contributed by atoms with E-state index in [1.165, 1.54) is 12.5 Å². The first kappa shape index (κ1) is 29.6. The summed E-state index contributed by atoms with van der Waals surface area (Å²) in [6.45, 7) is 9.56. The van der Waals surface area contributed by atoms with Crippen LogP contribution in [0.4, 0.5) is 0 Å². The van der Waals surface area contributed by atoms with Gasteiger partial charge in [0.1, 0.15) is 0 Å². The van der Waals surface area contributed by atoms with E-state index in [4.69, 9.17) is 9.94 Å². The third kappa shape index (κ3) is 16.7. The Labute approximate surface area is 209 Å². The number of hydrogen-bond donors (Lipinski definition) is 2. The number of nitrogens with zero attached hydrogens (tertiary/aromatic N) is 1.